The Balaban J connectivity index is 4.27. The summed E-state index contributed by atoms with van der Waals surface area (Å²) in [4.78, 5) is 13.3. The first-order valence-electron chi connectivity index (χ1n) is 12.8. The van der Waals surface area contributed by atoms with Crippen LogP contribution in [0.2, 0.25) is 6.43 Å². The van der Waals surface area contributed by atoms with Crippen LogP contribution in [0.25, 0.3) is 0 Å². The number of rotatable bonds is 3. The molecule has 1 aromatic rings. The van der Waals surface area contributed by atoms with Gasteiger partial charge in [0.1, 0.15) is 1.41 Å². The quantitative estimate of drug-likeness (QED) is 0.842. The highest BCUT2D eigenvalue weighted by Gasteiger charge is 2.20. The topological polar surface area (TPSA) is 29.1 Å². The van der Waals surface area contributed by atoms with E-state index >= 15 is 0 Å². The van der Waals surface area contributed by atoms with Crippen molar-refractivity contribution >= 4 is 17.4 Å². The number of nitrogens with one attached hydrogen (secondary N) is 1. The van der Waals surface area contributed by atoms with Gasteiger partial charge in [-0.15, -0.1) is 0 Å². The lowest BCUT2D eigenvalue weighted by Gasteiger charge is -2.25. The summed E-state index contributed by atoms with van der Waals surface area (Å²) in [5, 5.41) is -2.07. The van der Waals surface area contributed by atoms with Crippen molar-refractivity contribution in [3.05, 3.63) is 34.8 Å². The van der Waals surface area contributed by atoms with Crippen molar-refractivity contribution in [1.82, 2.24) is 5.31 Å². The predicted octanol–water partition coefficient (Wildman–Crippen LogP) is 3.30. The van der Waals surface area contributed by atoms with Crippen molar-refractivity contribution in [2.24, 2.45) is 0 Å². The van der Waals surface area contributed by atoms with Crippen LogP contribution in [0.1, 0.15) is 61.1 Å². The molecule has 0 saturated carbocycles. The van der Waals surface area contributed by atoms with Crippen LogP contribution in [0.5, 0.6) is 0 Å². The van der Waals surface area contributed by atoms with E-state index in [1.54, 1.807) is 0 Å². The Hall–Kier alpha value is -0.860. The standard InChI is InChI=1S/C13H18ClNO/c1-9(15-13(2,3)4)12(16)10-6-5-7-11(14)8-10/h5-9,15H,1-4H3/i1D3,2D3,3D3,4D3,5D,6D,7D,8D,9D/hD. The van der Waals surface area contributed by atoms with Crippen molar-refractivity contribution in [1.29, 1.82) is 0 Å². The second-order valence-corrected chi connectivity index (χ2v) is 3.07. The van der Waals surface area contributed by atoms with Gasteiger partial charge in [0, 0.05) is 32.6 Å². The lowest BCUT2D eigenvalue weighted by molar-refractivity contribution is 0.0936. The van der Waals surface area contributed by atoms with E-state index in [2.05, 4.69) is 0 Å². The molecule has 0 aliphatic carbocycles. The van der Waals surface area contributed by atoms with Crippen LogP contribution in [0, 0.1) is 0 Å². The first-order chi connectivity index (χ1) is 14.7. The maximum Gasteiger partial charge on any atom is 0.179 e. The van der Waals surface area contributed by atoms with E-state index in [4.69, 9.17) is 36.3 Å². The van der Waals surface area contributed by atoms with Crippen LogP contribution in [-0.4, -0.2) is 17.3 Å². The number of carbonyl (C=O) groups excluding carboxylic acids is 1. The fourth-order valence-corrected chi connectivity index (χ4v) is 0.913. The van der Waals surface area contributed by atoms with E-state index in [-0.39, 0.29) is 0 Å². The Kier molecular flexibility index (Phi) is 0.858. The summed E-state index contributed by atoms with van der Waals surface area (Å²) in [5.74, 6) is -2.25. The Labute approximate surface area is 127 Å². The molecule has 0 radical (unpaired) electrons. The predicted molar refractivity (Wildman–Crippen MR) is 68.1 cm³/mol. The van der Waals surface area contributed by atoms with Crippen molar-refractivity contribution in [2.75, 3.05) is 0 Å². The lowest BCUT2D eigenvalue weighted by Crippen LogP contribution is -2.46. The highest BCUT2D eigenvalue weighted by Crippen LogP contribution is 2.13. The maximum absolute atomic E-state index is 13.3. The molecule has 1 N–H and O–H groups in total. The molecule has 0 fully saturated rings. The molecule has 2 nitrogen and oxygen atoms in total. The summed E-state index contributed by atoms with van der Waals surface area (Å²) >= 11 is 5.69. The molecule has 0 aromatic heterocycles. The summed E-state index contributed by atoms with van der Waals surface area (Å²) in [7, 11) is 0. The number of hydrogen-bond donors (Lipinski definition) is 1. The summed E-state index contributed by atoms with van der Waals surface area (Å²) in [6.07, 6.45) is 0. The fourth-order valence-electron chi connectivity index (χ4n) is 0.771. The molecule has 0 spiro atoms. The third-order valence-corrected chi connectivity index (χ3v) is 1.51. The molecule has 1 rings (SSSR count). The second-order valence-electron chi connectivity index (χ2n) is 2.69. The van der Waals surface area contributed by atoms with Crippen molar-refractivity contribution < 1.29 is 29.5 Å². The van der Waals surface area contributed by atoms with Crippen LogP contribution < -0.4 is 5.31 Å². The van der Waals surface area contributed by atoms with Crippen molar-refractivity contribution in [2.45, 2.75) is 39.0 Å². The fraction of sp³-hybridized carbons (Fsp3) is 0.462. The van der Waals surface area contributed by atoms with Gasteiger partial charge in [0.15, 0.2) is 5.78 Å². The SMILES string of the molecule is [2H]c1c([2H])c(Cl)c([2H])c(C(=O)C([2H])(N([2H])C(C([2H])([2H])[2H])(C([2H])([2H])[2H])C([2H])([2H])[2H])C([2H])([2H])[2H])c1[2H]. The second kappa shape index (κ2) is 4.98. The van der Waals surface area contributed by atoms with E-state index in [0.717, 1.165) is 0 Å². The molecule has 88 valence electrons. The zero-order valence-electron chi connectivity index (χ0n) is 25.7. The maximum atomic E-state index is 13.3. The van der Waals surface area contributed by atoms with E-state index in [9.17, 15) is 4.79 Å². The lowest BCUT2D eigenvalue weighted by atomic mass is 10.0. The van der Waals surface area contributed by atoms with Crippen LogP contribution in [0.15, 0.2) is 24.2 Å². The zero-order valence-corrected chi connectivity index (χ0v) is 8.49. The molecule has 1 atom stereocenters. The Morgan fingerprint density at radius 2 is 2.44 bits per heavy atom. The van der Waals surface area contributed by atoms with Gasteiger partial charge >= 0.3 is 0 Å². The third kappa shape index (κ3) is 3.95. The molecule has 0 amide bonds. The van der Waals surface area contributed by atoms with E-state index in [0.29, 0.717) is 0 Å². The van der Waals surface area contributed by atoms with Crippen LogP contribution in [0.4, 0.5) is 0 Å². The van der Waals surface area contributed by atoms with Crippen LogP contribution in [-0.2, 0) is 0 Å². The normalized spacial score (nSPS) is 35.4. The van der Waals surface area contributed by atoms with E-state index in [1.807, 2.05) is 0 Å². The van der Waals surface area contributed by atoms with Gasteiger partial charge in [-0.25, -0.2) is 0 Å². The molecule has 1 aromatic carbocycles. The molecule has 0 aliphatic rings. The van der Waals surface area contributed by atoms with Gasteiger partial charge in [0.2, 0.25) is 0 Å². The minimum atomic E-state index is -4.41. The van der Waals surface area contributed by atoms with Crippen molar-refractivity contribution in [3.8, 4) is 0 Å². The largest absolute Gasteiger partial charge is 0.303 e. The molecule has 0 saturated heterocycles. The number of ketones is 1. The van der Waals surface area contributed by atoms with Gasteiger partial charge in [-0.05, 0) is 39.5 Å². The summed E-state index contributed by atoms with van der Waals surface area (Å²) in [6.45, 7) is -16.8. The van der Waals surface area contributed by atoms with E-state index in [1.165, 1.54) is 0 Å². The monoisotopic (exact) mass is 257 g/mol. The minimum absolute atomic E-state index is 0.915. The number of hydrogen-bond acceptors (Lipinski definition) is 2. The Morgan fingerprint density at radius 3 is 3.06 bits per heavy atom. The Morgan fingerprint density at radius 1 is 1.69 bits per heavy atom. The van der Waals surface area contributed by atoms with Gasteiger partial charge in [-0.3, -0.25) is 4.79 Å². The Bertz CT molecular complexity index is 909. The zero-order chi connectivity index (χ0) is 27.6. The summed E-state index contributed by atoms with van der Waals surface area (Å²) in [5.41, 5.74) is -5.82. The molecular weight excluding hydrogens is 222 g/mol. The average molecular weight is 258 g/mol. The molecule has 0 aliphatic heterocycles. The molecular formula is C13H18ClNO. The highest BCUT2D eigenvalue weighted by atomic mass is 35.5. The van der Waals surface area contributed by atoms with Gasteiger partial charge in [-0.1, -0.05) is 23.7 Å². The van der Waals surface area contributed by atoms with Gasteiger partial charge in [0.25, 0.3) is 0 Å². The summed E-state index contributed by atoms with van der Waals surface area (Å²) < 4.78 is 139. The average Bonchev–Trinajstić information content (AvgIpc) is 2.59. The van der Waals surface area contributed by atoms with Crippen LogP contribution in [0.3, 0.4) is 0 Å². The van der Waals surface area contributed by atoms with Gasteiger partial charge in [-0.2, -0.15) is 0 Å². The molecule has 3 heteroatoms. The first-order valence-corrected chi connectivity index (χ1v) is 4.22. The third-order valence-electron chi connectivity index (χ3n) is 1.32. The molecule has 16 heavy (non-hydrogen) atoms. The molecule has 0 heterocycles. The first kappa shape index (κ1) is 2.76. The van der Waals surface area contributed by atoms with Gasteiger partial charge < -0.3 is 5.31 Å². The summed E-state index contributed by atoms with van der Waals surface area (Å²) in [6, 6.07) is -8.87. The minimum Gasteiger partial charge on any atom is -0.303 e. The number of carbonyl (C=O) groups is 1. The number of Topliss-reactive ketones (excluding diaryl/α,β-unsaturated/α-hetero) is 1. The van der Waals surface area contributed by atoms with E-state index < -0.39 is 84.8 Å². The molecule has 0 bridgehead atoms. The smallest absolute Gasteiger partial charge is 0.179 e. The highest BCUT2D eigenvalue weighted by molar-refractivity contribution is 6.31. The van der Waals surface area contributed by atoms with Crippen LogP contribution >= 0.6 is 11.6 Å². The van der Waals surface area contributed by atoms with Gasteiger partial charge in [0.05, 0.1) is 12.9 Å². The molecule has 1 unspecified atom stereocenters. The van der Waals surface area contributed by atoms with Crippen molar-refractivity contribution in [3.63, 3.8) is 0 Å². The number of benzene rings is 1. The number of halogens is 1.